The molecule has 7 heteroatoms. The third-order valence-corrected chi connectivity index (χ3v) is 3.97. The Morgan fingerprint density at radius 1 is 0.913 bits per heavy atom. The molecule has 0 rings (SSSR count). The minimum Gasteiger partial charge on any atom is -0.550 e. The highest BCUT2D eigenvalue weighted by atomic mass is 16.4. The van der Waals surface area contributed by atoms with Crippen molar-refractivity contribution in [3.8, 4) is 0 Å². The predicted octanol–water partition coefficient (Wildman–Crippen LogP) is -1.50. The van der Waals surface area contributed by atoms with E-state index in [4.69, 9.17) is 0 Å². The van der Waals surface area contributed by atoms with E-state index in [0.717, 1.165) is 32.1 Å². The SMILES string of the molecule is CCCCCCCCCC[C@H](C(=O)[O-])[C@@](O)(CC(=O)[O-])C(=O)[O-]. The van der Waals surface area contributed by atoms with E-state index in [0.29, 0.717) is 12.8 Å². The minimum absolute atomic E-state index is 0.185. The number of carboxylic acid groups (broad SMARTS) is 3. The molecule has 0 heterocycles. The van der Waals surface area contributed by atoms with E-state index in [1.165, 1.54) is 6.42 Å². The maximum Gasteiger partial charge on any atom is 0.117 e. The van der Waals surface area contributed by atoms with Crippen LogP contribution in [-0.2, 0) is 14.4 Å². The Labute approximate surface area is 136 Å². The number of unbranched alkanes of at least 4 members (excludes halogenated alkanes) is 7. The fourth-order valence-electron chi connectivity index (χ4n) is 2.59. The Bertz CT molecular complexity index is 394. The quantitative estimate of drug-likeness (QED) is 0.382. The monoisotopic (exact) mass is 329 g/mol. The van der Waals surface area contributed by atoms with Crippen LogP contribution in [0.5, 0.6) is 0 Å². The van der Waals surface area contributed by atoms with E-state index in [-0.39, 0.29) is 6.42 Å². The average molecular weight is 329 g/mol. The van der Waals surface area contributed by atoms with Gasteiger partial charge in [-0.25, -0.2) is 0 Å². The largest absolute Gasteiger partial charge is 0.550 e. The van der Waals surface area contributed by atoms with Crippen LogP contribution < -0.4 is 15.3 Å². The second-order valence-corrected chi connectivity index (χ2v) is 5.90. The van der Waals surface area contributed by atoms with E-state index in [9.17, 15) is 34.8 Å². The fraction of sp³-hybridized carbons (Fsp3) is 0.812. The summed E-state index contributed by atoms with van der Waals surface area (Å²) in [6, 6.07) is 0. The molecule has 0 saturated heterocycles. The molecule has 0 unspecified atom stereocenters. The lowest BCUT2D eigenvalue weighted by molar-refractivity contribution is -0.347. The van der Waals surface area contributed by atoms with Crippen molar-refractivity contribution in [2.45, 2.75) is 76.7 Å². The molecule has 0 fully saturated rings. The highest BCUT2D eigenvalue weighted by Crippen LogP contribution is 2.26. The normalized spacial score (nSPS) is 14.9. The minimum atomic E-state index is -3.02. The Morgan fingerprint density at radius 2 is 1.39 bits per heavy atom. The van der Waals surface area contributed by atoms with Gasteiger partial charge in [0.25, 0.3) is 0 Å². The van der Waals surface area contributed by atoms with Crippen molar-refractivity contribution in [2.24, 2.45) is 5.92 Å². The van der Waals surface area contributed by atoms with Gasteiger partial charge in [-0.1, -0.05) is 58.3 Å². The molecule has 0 saturated carbocycles. The molecule has 0 aliphatic rings. The Kier molecular flexibility index (Phi) is 10.2. The summed E-state index contributed by atoms with van der Waals surface area (Å²) in [5.41, 5.74) is -3.02. The molecule has 7 nitrogen and oxygen atoms in total. The predicted molar refractivity (Wildman–Crippen MR) is 75.3 cm³/mol. The van der Waals surface area contributed by atoms with Crippen LogP contribution >= 0.6 is 0 Å². The van der Waals surface area contributed by atoms with Gasteiger partial charge in [-0.2, -0.15) is 0 Å². The summed E-state index contributed by atoms with van der Waals surface area (Å²) in [6.07, 6.45) is 5.93. The van der Waals surface area contributed by atoms with Crippen molar-refractivity contribution in [1.29, 1.82) is 0 Å². The van der Waals surface area contributed by atoms with Crippen molar-refractivity contribution < 1.29 is 34.8 Å². The zero-order valence-corrected chi connectivity index (χ0v) is 13.5. The second kappa shape index (κ2) is 11.0. The lowest BCUT2D eigenvalue weighted by Crippen LogP contribution is -2.60. The zero-order valence-electron chi connectivity index (χ0n) is 13.5. The first-order valence-corrected chi connectivity index (χ1v) is 8.10. The maximum absolute atomic E-state index is 11.1. The fourth-order valence-corrected chi connectivity index (χ4v) is 2.59. The van der Waals surface area contributed by atoms with Crippen molar-refractivity contribution in [2.75, 3.05) is 0 Å². The van der Waals surface area contributed by atoms with Crippen LogP contribution in [-0.4, -0.2) is 28.6 Å². The van der Waals surface area contributed by atoms with Gasteiger partial charge in [-0.05, 0) is 6.42 Å². The zero-order chi connectivity index (χ0) is 17.9. The number of rotatable bonds is 14. The topological polar surface area (TPSA) is 141 Å². The summed E-state index contributed by atoms with van der Waals surface area (Å²) in [7, 11) is 0. The molecule has 0 aromatic carbocycles. The van der Waals surface area contributed by atoms with Crippen molar-refractivity contribution in [3.05, 3.63) is 0 Å². The molecule has 0 aliphatic heterocycles. The highest BCUT2D eigenvalue weighted by molar-refractivity contribution is 5.87. The van der Waals surface area contributed by atoms with Gasteiger partial charge in [0, 0.05) is 24.3 Å². The summed E-state index contributed by atoms with van der Waals surface area (Å²) < 4.78 is 0. The van der Waals surface area contributed by atoms with E-state index in [1.54, 1.807) is 0 Å². The van der Waals surface area contributed by atoms with Crippen LogP contribution in [0.2, 0.25) is 0 Å². The molecule has 0 bridgehead atoms. The third kappa shape index (κ3) is 7.97. The average Bonchev–Trinajstić information content (AvgIpc) is 2.44. The van der Waals surface area contributed by atoms with Crippen LogP contribution in [0, 0.1) is 5.92 Å². The van der Waals surface area contributed by atoms with Crippen molar-refractivity contribution >= 4 is 17.9 Å². The molecular formula is C16H25O7-3. The Hall–Kier alpha value is -1.63. The van der Waals surface area contributed by atoms with Crippen LogP contribution in [0.1, 0.15) is 71.1 Å². The lowest BCUT2D eigenvalue weighted by atomic mass is 9.81. The van der Waals surface area contributed by atoms with Gasteiger partial charge in [0.1, 0.15) is 5.60 Å². The van der Waals surface area contributed by atoms with Crippen molar-refractivity contribution in [3.63, 3.8) is 0 Å². The first-order chi connectivity index (χ1) is 10.8. The van der Waals surface area contributed by atoms with Gasteiger partial charge in [-0.15, -0.1) is 0 Å². The Balaban J connectivity index is 4.42. The summed E-state index contributed by atoms with van der Waals surface area (Å²) >= 11 is 0. The summed E-state index contributed by atoms with van der Waals surface area (Å²) in [6.45, 7) is 2.12. The van der Waals surface area contributed by atoms with Gasteiger partial charge in [-0.3, -0.25) is 0 Å². The van der Waals surface area contributed by atoms with E-state index >= 15 is 0 Å². The van der Waals surface area contributed by atoms with Gasteiger partial charge in [0.05, 0.1) is 5.97 Å². The van der Waals surface area contributed by atoms with Gasteiger partial charge < -0.3 is 34.8 Å². The smallest absolute Gasteiger partial charge is 0.117 e. The Morgan fingerprint density at radius 3 is 1.78 bits per heavy atom. The lowest BCUT2D eigenvalue weighted by Gasteiger charge is -2.38. The first kappa shape index (κ1) is 21.4. The molecule has 0 aromatic rings. The number of aliphatic carboxylic acids is 3. The number of hydrogen-bond donors (Lipinski definition) is 1. The third-order valence-electron chi connectivity index (χ3n) is 3.97. The summed E-state index contributed by atoms with van der Waals surface area (Å²) in [4.78, 5) is 32.7. The molecule has 0 aliphatic carbocycles. The van der Waals surface area contributed by atoms with E-state index in [1.807, 2.05) is 0 Å². The van der Waals surface area contributed by atoms with Crippen LogP contribution in [0.15, 0.2) is 0 Å². The molecule has 2 atom stereocenters. The highest BCUT2D eigenvalue weighted by Gasteiger charge is 2.39. The second-order valence-electron chi connectivity index (χ2n) is 5.90. The molecule has 23 heavy (non-hydrogen) atoms. The van der Waals surface area contributed by atoms with E-state index in [2.05, 4.69) is 6.92 Å². The molecule has 134 valence electrons. The molecule has 0 amide bonds. The summed E-state index contributed by atoms with van der Waals surface area (Å²) in [5.74, 6) is -7.65. The van der Waals surface area contributed by atoms with E-state index < -0.39 is 35.8 Å². The number of hydrogen-bond acceptors (Lipinski definition) is 7. The maximum atomic E-state index is 11.1. The number of aliphatic hydroxyl groups is 1. The van der Waals surface area contributed by atoms with Crippen LogP contribution in [0.4, 0.5) is 0 Å². The molecule has 0 radical (unpaired) electrons. The number of carboxylic acids is 3. The van der Waals surface area contributed by atoms with Crippen molar-refractivity contribution in [1.82, 2.24) is 0 Å². The first-order valence-electron chi connectivity index (χ1n) is 8.10. The molecular weight excluding hydrogens is 304 g/mol. The van der Waals surface area contributed by atoms with Crippen LogP contribution in [0.25, 0.3) is 0 Å². The van der Waals surface area contributed by atoms with Crippen LogP contribution in [0.3, 0.4) is 0 Å². The number of carbonyl (C=O) groups is 3. The van der Waals surface area contributed by atoms with Gasteiger partial charge >= 0.3 is 0 Å². The number of carbonyl (C=O) groups excluding carboxylic acids is 3. The molecule has 1 N–H and O–H groups in total. The van der Waals surface area contributed by atoms with Gasteiger partial charge in [0.2, 0.25) is 0 Å². The molecule has 0 spiro atoms. The molecule has 0 aromatic heterocycles. The van der Waals surface area contributed by atoms with Gasteiger partial charge in [0.15, 0.2) is 0 Å². The standard InChI is InChI=1S/C16H28O7/c1-2-3-4-5-6-7-8-9-10-12(14(19)20)16(23,15(21)22)11-13(17)18/h12,23H,2-11H2,1H3,(H,17,18)(H,19,20)(H,21,22)/p-3/t12-,16+/m1/s1. The summed E-state index contributed by atoms with van der Waals surface area (Å²) in [5, 5.41) is 42.5.